The van der Waals surface area contributed by atoms with Crippen LogP contribution in [0.4, 0.5) is 0 Å². The molecule has 0 aliphatic heterocycles. The van der Waals surface area contributed by atoms with Gasteiger partial charge in [-0.15, -0.1) is 0 Å². The number of hydrogen-bond acceptors (Lipinski definition) is 2. The summed E-state index contributed by atoms with van der Waals surface area (Å²) in [7, 11) is 0. The van der Waals surface area contributed by atoms with Crippen LogP contribution in [0.15, 0.2) is 17.3 Å². The monoisotopic (exact) mass is 252 g/mol. The molecule has 0 fully saturated rings. The Morgan fingerprint density at radius 2 is 1.44 bits per heavy atom. The number of hydrogen-bond donors (Lipinski definition) is 1. The molecule has 0 atom stereocenters. The predicted molar refractivity (Wildman–Crippen MR) is 83.2 cm³/mol. The molecule has 1 N–H and O–H groups in total. The summed E-state index contributed by atoms with van der Waals surface area (Å²) in [6.45, 7) is 8.97. The molecule has 2 heteroatoms. The Balaban J connectivity index is 3.01. The topological polar surface area (TPSA) is 24.4 Å². The molecule has 0 spiro atoms. The summed E-state index contributed by atoms with van der Waals surface area (Å²) >= 11 is 0. The van der Waals surface area contributed by atoms with Crippen LogP contribution < -0.4 is 5.43 Å². The molecule has 0 bridgehead atoms. The number of nitrogens with one attached hydrogen (secondary N) is 1. The first-order valence-corrected chi connectivity index (χ1v) is 7.68. The van der Waals surface area contributed by atoms with Crippen LogP contribution in [0, 0.1) is 0 Å². The van der Waals surface area contributed by atoms with Crippen LogP contribution in [0.1, 0.15) is 78.1 Å². The van der Waals surface area contributed by atoms with Crippen molar-refractivity contribution >= 4 is 6.21 Å². The molecule has 0 aromatic carbocycles. The normalized spacial score (nSPS) is 11.0. The second-order valence-corrected chi connectivity index (χ2v) is 5.19. The lowest BCUT2D eigenvalue weighted by Gasteiger charge is -2.02. The highest BCUT2D eigenvalue weighted by atomic mass is 15.3. The standard InChI is InChI=1S/C16H32N2/c1-4-5-6-7-8-9-10-11-12-13-14-17-18-15-16(2)3/h15,17H,2,4-14H2,1,3H3. The molecule has 106 valence electrons. The van der Waals surface area contributed by atoms with Crippen molar-refractivity contribution in [2.75, 3.05) is 6.54 Å². The van der Waals surface area contributed by atoms with E-state index in [2.05, 4.69) is 24.0 Å². The number of rotatable bonds is 13. The molecule has 0 saturated carbocycles. The summed E-state index contributed by atoms with van der Waals surface area (Å²) in [6.07, 6.45) is 15.6. The van der Waals surface area contributed by atoms with Crippen molar-refractivity contribution in [2.45, 2.75) is 78.1 Å². The van der Waals surface area contributed by atoms with Gasteiger partial charge in [0.15, 0.2) is 0 Å². The summed E-state index contributed by atoms with van der Waals surface area (Å²) in [4.78, 5) is 0. The van der Waals surface area contributed by atoms with E-state index in [1.165, 1.54) is 64.2 Å². The molecule has 0 aromatic rings. The fraction of sp³-hybridized carbons (Fsp3) is 0.812. The Kier molecular flexibility index (Phi) is 13.6. The van der Waals surface area contributed by atoms with Gasteiger partial charge in [-0.1, -0.05) is 71.3 Å². The Hall–Kier alpha value is -0.790. The molecule has 0 heterocycles. The van der Waals surface area contributed by atoms with Gasteiger partial charge in [-0.25, -0.2) is 0 Å². The molecule has 0 aliphatic rings. The summed E-state index contributed by atoms with van der Waals surface area (Å²) in [5.41, 5.74) is 4.04. The van der Waals surface area contributed by atoms with Crippen molar-refractivity contribution < 1.29 is 0 Å². The van der Waals surface area contributed by atoms with Gasteiger partial charge in [0.05, 0.1) is 0 Å². The van der Waals surface area contributed by atoms with Gasteiger partial charge in [-0.05, 0) is 18.9 Å². The highest BCUT2D eigenvalue weighted by Crippen LogP contribution is 2.10. The molecule has 0 radical (unpaired) electrons. The molecule has 2 nitrogen and oxygen atoms in total. The molecule has 0 aromatic heterocycles. The third-order valence-corrected chi connectivity index (χ3v) is 3.02. The minimum absolute atomic E-state index is 0.986. The van der Waals surface area contributed by atoms with E-state index in [0.717, 1.165) is 12.1 Å². The summed E-state index contributed by atoms with van der Waals surface area (Å²) in [6, 6.07) is 0. The Bertz CT molecular complexity index is 209. The molecule has 0 amide bonds. The number of hydrazone groups is 1. The van der Waals surface area contributed by atoms with E-state index < -0.39 is 0 Å². The number of allylic oxidation sites excluding steroid dienone is 1. The minimum atomic E-state index is 0.986. The summed E-state index contributed by atoms with van der Waals surface area (Å²) in [5, 5.41) is 4.07. The lowest BCUT2D eigenvalue weighted by atomic mass is 10.1. The second-order valence-electron chi connectivity index (χ2n) is 5.19. The zero-order chi connectivity index (χ0) is 13.5. The quantitative estimate of drug-likeness (QED) is 0.276. The Labute approximate surface area is 114 Å². The SMILES string of the molecule is C=C(C)C=NNCCCCCCCCCCCC. The third-order valence-electron chi connectivity index (χ3n) is 3.02. The van der Waals surface area contributed by atoms with Crippen LogP contribution in [0.25, 0.3) is 0 Å². The van der Waals surface area contributed by atoms with E-state index in [-0.39, 0.29) is 0 Å². The Morgan fingerprint density at radius 3 is 1.94 bits per heavy atom. The van der Waals surface area contributed by atoms with Crippen molar-refractivity contribution in [1.29, 1.82) is 0 Å². The van der Waals surface area contributed by atoms with E-state index in [1.807, 2.05) is 6.92 Å². The first-order valence-electron chi connectivity index (χ1n) is 7.68. The fourth-order valence-corrected chi connectivity index (χ4v) is 1.91. The van der Waals surface area contributed by atoms with Crippen molar-refractivity contribution in [3.8, 4) is 0 Å². The molecule has 0 unspecified atom stereocenters. The van der Waals surface area contributed by atoms with Gasteiger partial charge in [0.2, 0.25) is 0 Å². The second kappa shape index (κ2) is 14.3. The zero-order valence-electron chi connectivity index (χ0n) is 12.5. The van der Waals surface area contributed by atoms with Crippen LogP contribution in [-0.2, 0) is 0 Å². The molecular weight excluding hydrogens is 220 g/mol. The van der Waals surface area contributed by atoms with Crippen molar-refractivity contribution in [2.24, 2.45) is 5.10 Å². The predicted octanol–water partition coefficient (Wildman–Crippen LogP) is 5.06. The van der Waals surface area contributed by atoms with Crippen LogP contribution in [0.2, 0.25) is 0 Å². The minimum Gasteiger partial charge on any atom is -0.310 e. The van der Waals surface area contributed by atoms with Gasteiger partial charge < -0.3 is 5.43 Å². The first-order chi connectivity index (χ1) is 8.77. The lowest BCUT2D eigenvalue weighted by Crippen LogP contribution is -2.07. The fourth-order valence-electron chi connectivity index (χ4n) is 1.91. The van der Waals surface area contributed by atoms with Crippen molar-refractivity contribution in [3.05, 3.63) is 12.2 Å². The van der Waals surface area contributed by atoms with Crippen molar-refractivity contribution in [1.82, 2.24) is 5.43 Å². The van der Waals surface area contributed by atoms with Crippen molar-refractivity contribution in [3.63, 3.8) is 0 Å². The van der Waals surface area contributed by atoms with Gasteiger partial charge in [-0.2, -0.15) is 5.10 Å². The largest absolute Gasteiger partial charge is 0.310 e. The first kappa shape index (κ1) is 17.2. The Morgan fingerprint density at radius 1 is 0.944 bits per heavy atom. The van der Waals surface area contributed by atoms with Gasteiger partial charge in [0, 0.05) is 12.8 Å². The average Bonchev–Trinajstić information content (AvgIpc) is 2.34. The molecule has 0 saturated heterocycles. The van der Waals surface area contributed by atoms with E-state index in [0.29, 0.717) is 0 Å². The molecule has 18 heavy (non-hydrogen) atoms. The highest BCUT2D eigenvalue weighted by molar-refractivity contribution is 5.76. The average molecular weight is 252 g/mol. The van der Waals surface area contributed by atoms with E-state index in [9.17, 15) is 0 Å². The third kappa shape index (κ3) is 15.2. The van der Waals surface area contributed by atoms with Gasteiger partial charge in [0.1, 0.15) is 0 Å². The number of nitrogens with zero attached hydrogens (tertiary/aromatic N) is 1. The highest BCUT2D eigenvalue weighted by Gasteiger charge is 1.92. The van der Waals surface area contributed by atoms with Gasteiger partial charge in [-0.3, -0.25) is 0 Å². The van der Waals surface area contributed by atoms with Crippen LogP contribution >= 0.6 is 0 Å². The molecular formula is C16H32N2. The van der Waals surface area contributed by atoms with Crippen LogP contribution in [0.3, 0.4) is 0 Å². The van der Waals surface area contributed by atoms with E-state index in [1.54, 1.807) is 6.21 Å². The van der Waals surface area contributed by atoms with Crippen LogP contribution in [0.5, 0.6) is 0 Å². The zero-order valence-corrected chi connectivity index (χ0v) is 12.5. The smallest absolute Gasteiger partial charge is 0.0491 e. The van der Waals surface area contributed by atoms with Gasteiger partial charge >= 0.3 is 0 Å². The van der Waals surface area contributed by atoms with Gasteiger partial charge in [0.25, 0.3) is 0 Å². The maximum absolute atomic E-state index is 4.07. The van der Waals surface area contributed by atoms with Crippen LogP contribution in [-0.4, -0.2) is 12.8 Å². The summed E-state index contributed by atoms with van der Waals surface area (Å²) < 4.78 is 0. The molecule has 0 aliphatic carbocycles. The number of unbranched alkanes of at least 4 members (excludes halogenated alkanes) is 9. The summed E-state index contributed by atoms with van der Waals surface area (Å²) in [5.74, 6) is 0. The van der Waals surface area contributed by atoms with E-state index >= 15 is 0 Å². The maximum atomic E-state index is 4.07. The van der Waals surface area contributed by atoms with E-state index in [4.69, 9.17) is 0 Å². The molecule has 0 rings (SSSR count). The maximum Gasteiger partial charge on any atom is 0.0491 e. The lowest BCUT2D eigenvalue weighted by molar-refractivity contribution is 0.547.